The highest BCUT2D eigenvalue weighted by Crippen LogP contribution is 2.20. The van der Waals surface area contributed by atoms with E-state index in [0.717, 1.165) is 0 Å². The van der Waals surface area contributed by atoms with Crippen LogP contribution in [0, 0.1) is 5.82 Å². The van der Waals surface area contributed by atoms with Crippen LogP contribution in [0.4, 0.5) is 15.9 Å². The Morgan fingerprint density at radius 1 is 1.26 bits per heavy atom. The van der Waals surface area contributed by atoms with E-state index in [-0.39, 0.29) is 17.1 Å². The SMILES string of the molecule is Nc1c(NNC(=O)c2ccccc2F)ncnc1-n1ccnc1. The minimum Gasteiger partial charge on any atom is -0.393 e. The van der Waals surface area contributed by atoms with Crippen molar-refractivity contribution in [1.82, 2.24) is 24.9 Å². The Kier molecular flexibility index (Phi) is 3.83. The lowest BCUT2D eigenvalue weighted by atomic mass is 10.2. The van der Waals surface area contributed by atoms with Gasteiger partial charge in [0.05, 0.1) is 5.56 Å². The molecule has 9 heteroatoms. The molecule has 8 nitrogen and oxygen atoms in total. The maximum Gasteiger partial charge on any atom is 0.272 e. The second-order valence-corrected chi connectivity index (χ2v) is 4.49. The molecule has 0 atom stereocenters. The summed E-state index contributed by atoms with van der Waals surface area (Å²) in [6.07, 6.45) is 6.05. The molecule has 1 amide bonds. The predicted octanol–water partition coefficient (Wildman–Crippen LogP) is 1.14. The number of rotatable bonds is 4. The van der Waals surface area contributed by atoms with Crippen molar-refractivity contribution >= 4 is 17.4 Å². The number of benzene rings is 1. The summed E-state index contributed by atoms with van der Waals surface area (Å²) in [6.45, 7) is 0. The summed E-state index contributed by atoms with van der Waals surface area (Å²) < 4.78 is 15.1. The van der Waals surface area contributed by atoms with Crippen molar-refractivity contribution in [3.8, 4) is 5.82 Å². The van der Waals surface area contributed by atoms with E-state index in [1.807, 2.05) is 0 Å². The minimum atomic E-state index is -0.648. The monoisotopic (exact) mass is 313 g/mol. The number of nitrogens with zero attached hydrogens (tertiary/aromatic N) is 4. The maximum atomic E-state index is 13.5. The number of hydrazine groups is 1. The van der Waals surface area contributed by atoms with Crippen molar-refractivity contribution in [2.45, 2.75) is 0 Å². The molecule has 0 saturated carbocycles. The number of carbonyl (C=O) groups is 1. The van der Waals surface area contributed by atoms with Crippen LogP contribution in [0.25, 0.3) is 5.82 Å². The van der Waals surface area contributed by atoms with E-state index in [4.69, 9.17) is 5.73 Å². The average Bonchev–Trinajstić information content (AvgIpc) is 3.08. The van der Waals surface area contributed by atoms with Gasteiger partial charge in [-0.1, -0.05) is 12.1 Å². The number of nitrogens with one attached hydrogen (secondary N) is 2. The van der Waals surface area contributed by atoms with Gasteiger partial charge in [0.1, 0.15) is 24.2 Å². The van der Waals surface area contributed by atoms with E-state index in [2.05, 4.69) is 25.8 Å². The highest BCUT2D eigenvalue weighted by Gasteiger charge is 2.13. The Labute approximate surface area is 130 Å². The fourth-order valence-corrected chi connectivity index (χ4v) is 1.90. The highest BCUT2D eigenvalue weighted by molar-refractivity contribution is 5.95. The van der Waals surface area contributed by atoms with Gasteiger partial charge >= 0.3 is 0 Å². The van der Waals surface area contributed by atoms with Crippen molar-refractivity contribution in [2.75, 3.05) is 11.2 Å². The van der Waals surface area contributed by atoms with E-state index < -0.39 is 11.7 Å². The molecule has 0 aliphatic carbocycles. The van der Waals surface area contributed by atoms with Gasteiger partial charge in [-0.25, -0.2) is 19.3 Å². The molecule has 3 aromatic rings. The number of halogens is 1. The van der Waals surface area contributed by atoms with Crippen molar-refractivity contribution in [3.05, 3.63) is 60.7 Å². The summed E-state index contributed by atoms with van der Waals surface area (Å²) >= 11 is 0. The van der Waals surface area contributed by atoms with Gasteiger partial charge in [0.2, 0.25) is 0 Å². The number of carbonyl (C=O) groups excluding carboxylic acids is 1. The molecule has 0 fully saturated rings. The fourth-order valence-electron chi connectivity index (χ4n) is 1.90. The van der Waals surface area contributed by atoms with Crippen LogP contribution in [-0.2, 0) is 0 Å². The molecule has 3 rings (SSSR count). The van der Waals surface area contributed by atoms with Crippen LogP contribution in [-0.4, -0.2) is 25.4 Å². The van der Waals surface area contributed by atoms with Gasteiger partial charge in [0.25, 0.3) is 5.91 Å². The molecule has 0 bridgehead atoms. The molecule has 0 unspecified atom stereocenters. The summed E-state index contributed by atoms with van der Waals surface area (Å²) in [5, 5.41) is 0. The molecule has 0 aliphatic rings. The van der Waals surface area contributed by atoms with Gasteiger partial charge in [-0.3, -0.25) is 20.2 Å². The quantitative estimate of drug-likeness (QED) is 0.623. The number of aromatic nitrogens is 4. The molecule has 2 aromatic heterocycles. The largest absolute Gasteiger partial charge is 0.393 e. The van der Waals surface area contributed by atoms with Crippen molar-refractivity contribution < 1.29 is 9.18 Å². The molecule has 23 heavy (non-hydrogen) atoms. The Morgan fingerprint density at radius 2 is 2.09 bits per heavy atom. The Bertz CT molecular complexity index is 835. The molecule has 0 saturated heterocycles. The molecule has 2 heterocycles. The highest BCUT2D eigenvalue weighted by atomic mass is 19.1. The van der Waals surface area contributed by atoms with E-state index >= 15 is 0 Å². The number of imidazole rings is 1. The summed E-state index contributed by atoms with van der Waals surface area (Å²) in [6, 6.07) is 5.63. The summed E-state index contributed by atoms with van der Waals surface area (Å²) in [5.74, 6) is -0.680. The second kappa shape index (κ2) is 6.10. The van der Waals surface area contributed by atoms with Gasteiger partial charge in [-0.15, -0.1) is 0 Å². The second-order valence-electron chi connectivity index (χ2n) is 4.49. The lowest BCUT2D eigenvalue weighted by molar-refractivity contribution is 0.0958. The Morgan fingerprint density at radius 3 is 2.83 bits per heavy atom. The smallest absolute Gasteiger partial charge is 0.272 e. The van der Waals surface area contributed by atoms with Gasteiger partial charge in [-0.2, -0.15) is 0 Å². The molecule has 116 valence electrons. The third kappa shape index (κ3) is 2.93. The van der Waals surface area contributed by atoms with Crippen LogP contribution in [0.3, 0.4) is 0 Å². The number of hydrogen-bond donors (Lipinski definition) is 3. The average molecular weight is 313 g/mol. The summed E-state index contributed by atoms with van der Waals surface area (Å²) in [5.41, 5.74) is 11.0. The van der Waals surface area contributed by atoms with Gasteiger partial charge < -0.3 is 5.73 Å². The van der Waals surface area contributed by atoms with E-state index in [1.165, 1.54) is 30.9 Å². The van der Waals surface area contributed by atoms with Gasteiger partial charge in [0.15, 0.2) is 11.6 Å². The molecule has 1 aromatic carbocycles. The van der Waals surface area contributed by atoms with Crippen molar-refractivity contribution in [2.24, 2.45) is 0 Å². The number of hydrogen-bond acceptors (Lipinski definition) is 6. The molecule has 4 N–H and O–H groups in total. The molecular formula is C14H12FN7O. The first-order valence-corrected chi connectivity index (χ1v) is 6.56. The molecule has 0 aliphatic heterocycles. The lowest BCUT2D eigenvalue weighted by Crippen LogP contribution is -2.31. The number of amides is 1. The van der Waals surface area contributed by atoms with Crippen LogP contribution >= 0.6 is 0 Å². The predicted molar refractivity (Wildman–Crippen MR) is 81.1 cm³/mol. The zero-order chi connectivity index (χ0) is 16.2. The fraction of sp³-hybridized carbons (Fsp3) is 0. The van der Waals surface area contributed by atoms with E-state index in [0.29, 0.717) is 5.82 Å². The molecule has 0 radical (unpaired) electrons. The van der Waals surface area contributed by atoms with E-state index in [1.54, 1.807) is 23.0 Å². The first kappa shape index (κ1) is 14.4. The number of nitrogens with two attached hydrogens (primary N) is 1. The molecular weight excluding hydrogens is 301 g/mol. The van der Waals surface area contributed by atoms with Crippen LogP contribution in [0.5, 0.6) is 0 Å². The van der Waals surface area contributed by atoms with Crippen LogP contribution < -0.4 is 16.6 Å². The first-order valence-electron chi connectivity index (χ1n) is 6.56. The standard InChI is InChI=1S/C14H12FN7O/c15-10-4-2-1-3-9(10)14(23)21-20-12-11(16)13(19-7-18-12)22-6-5-17-8-22/h1-8H,16H2,(H,21,23)(H,18,19,20). The topological polar surface area (TPSA) is 111 Å². The Hall–Kier alpha value is -3.49. The number of nitrogen functional groups attached to an aromatic ring is 1. The van der Waals surface area contributed by atoms with Crippen molar-refractivity contribution in [1.29, 1.82) is 0 Å². The van der Waals surface area contributed by atoms with Gasteiger partial charge in [0, 0.05) is 12.4 Å². The van der Waals surface area contributed by atoms with Crippen LogP contribution in [0.1, 0.15) is 10.4 Å². The van der Waals surface area contributed by atoms with Crippen LogP contribution in [0.2, 0.25) is 0 Å². The van der Waals surface area contributed by atoms with Crippen molar-refractivity contribution in [3.63, 3.8) is 0 Å². The summed E-state index contributed by atoms with van der Waals surface area (Å²) in [7, 11) is 0. The normalized spacial score (nSPS) is 10.3. The Balaban J connectivity index is 1.78. The summed E-state index contributed by atoms with van der Waals surface area (Å²) in [4.78, 5) is 23.9. The molecule has 0 spiro atoms. The minimum absolute atomic E-state index is 0.0949. The lowest BCUT2D eigenvalue weighted by Gasteiger charge is -2.12. The third-order valence-electron chi connectivity index (χ3n) is 3.02. The van der Waals surface area contributed by atoms with Gasteiger partial charge in [-0.05, 0) is 12.1 Å². The zero-order valence-electron chi connectivity index (χ0n) is 11.8. The van der Waals surface area contributed by atoms with E-state index in [9.17, 15) is 9.18 Å². The maximum absolute atomic E-state index is 13.5. The zero-order valence-corrected chi connectivity index (χ0v) is 11.8. The third-order valence-corrected chi connectivity index (χ3v) is 3.02. The first-order chi connectivity index (χ1) is 11.2. The number of anilines is 2. The van der Waals surface area contributed by atoms with Crippen LogP contribution in [0.15, 0.2) is 49.3 Å².